The van der Waals surface area contributed by atoms with E-state index < -0.39 is 11.5 Å². The van der Waals surface area contributed by atoms with Gasteiger partial charge in [-0.1, -0.05) is 61.9 Å². The first-order valence-corrected chi connectivity index (χ1v) is 11.2. The normalized spacial score (nSPS) is 11.8. The molecule has 8 heteroatoms. The van der Waals surface area contributed by atoms with Gasteiger partial charge < -0.3 is 0 Å². The Morgan fingerprint density at radius 1 is 1.03 bits per heavy atom. The summed E-state index contributed by atoms with van der Waals surface area (Å²) < 4.78 is 18.1. The van der Waals surface area contributed by atoms with Gasteiger partial charge in [0.05, 0.1) is 12.2 Å². The van der Waals surface area contributed by atoms with E-state index in [2.05, 4.69) is 27.5 Å². The summed E-state index contributed by atoms with van der Waals surface area (Å²) in [5, 5.41) is 14.3. The highest BCUT2D eigenvalue weighted by Gasteiger charge is 2.27. The van der Waals surface area contributed by atoms with Gasteiger partial charge in [-0.2, -0.15) is 9.60 Å². The molecule has 0 spiro atoms. The molecule has 0 aliphatic carbocycles. The summed E-state index contributed by atoms with van der Waals surface area (Å²) in [7, 11) is 0. The van der Waals surface area contributed by atoms with Crippen LogP contribution in [0.2, 0.25) is 0 Å². The number of nitrogens with one attached hydrogen (secondary N) is 1. The number of halogens is 1. The van der Waals surface area contributed by atoms with E-state index >= 15 is 4.39 Å². The van der Waals surface area contributed by atoms with Gasteiger partial charge in [-0.25, -0.2) is 4.79 Å². The van der Waals surface area contributed by atoms with Gasteiger partial charge in [0.2, 0.25) is 11.8 Å². The average molecular weight is 449 g/mol. The number of benzene rings is 2. The third-order valence-electron chi connectivity index (χ3n) is 5.74. The van der Waals surface area contributed by atoms with Crippen molar-refractivity contribution < 1.29 is 4.39 Å². The lowest BCUT2D eigenvalue weighted by molar-refractivity contribution is 0.324. The van der Waals surface area contributed by atoms with Crippen molar-refractivity contribution in [3.8, 4) is 22.5 Å². The SMILES string of the molecule is CCCCc1c(F)n(C(C)(C)C)c(=O)n1Cc1ccc(-c2ccccc2-c2nn[nH]n2)cc1. The molecule has 0 atom stereocenters. The topological polar surface area (TPSA) is 81.4 Å². The average Bonchev–Trinajstić information content (AvgIpc) is 3.40. The third kappa shape index (κ3) is 4.51. The van der Waals surface area contributed by atoms with E-state index in [1.807, 2.05) is 69.3 Å². The van der Waals surface area contributed by atoms with Crippen molar-refractivity contribution in [1.29, 1.82) is 0 Å². The predicted octanol–water partition coefficient (Wildman–Crippen LogP) is 4.78. The van der Waals surface area contributed by atoms with Crippen molar-refractivity contribution >= 4 is 0 Å². The highest BCUT2D eigenvalue weighted by molar-refractivity contribution is 5.80. The number of rotatable bonds is 7. The summed E-state index contributed by atoms with van der Waals surface area (Å²) in [6.45, 7) is 7.93. The van der Waals surface area contributed by atoms with Crippen LogP contribution >= 0.6 is 0 Å². The van der Waals surface area contributed by atoms with Crippen molar-refractivity contribution in [2.45, 2.75) is 59.0 Å². The Morgan fingerprint density at radius 2 is 1.73 bits per heavy atom. The fraction of sp³-hybridized carbons (Fsp3) is 0.360. The van der Waals surface area contributed by atoms with Crippen molar-refractivity contribution in [1.82, 2.24) is 29.8 Å². The maximum absolute atomic E-state index is 15.3. The van der Waals surface area contributed by atoms with Crippen LogP contribution in [-0.4, -0.2) is 29.8 Å². The largest absolute Gasteiger partial charge is 0.331 e. The number of aromatic nitrogens is 6. The molecular formula is C25H29FN6O. The first-order valence-electron chi connectivity index (χ1n) is 11.2. The summed E-state index contributed by atoms with van der Waals surface area (Å²) in [6, 6.07) is 15.8. The van der Waals surface area contributed by atoms with E-state index in [-0.39, 0.29) is 5.69 Å². The van der Waals surface area contributed by atoms with Gasteiger partial charge in [0, 0.05) is 11.1 Å². The number of imidazole rings is 1. The summed E-state index contributed by atoms with van der Waals surface area (Å²) in [5.74, 6) is 0.104. The Kier molecular flexibility index (Phi) is 6.26. The van der Waals surface area contributed by atoms with Crippen LogP contribution < -0.4 is 5.69 Å². The van der Waals surface area contributed by atoms with Crippen LogP contribution in [0.15, 0.2) is 53.3 Å². The zero-order valence-corrected chi connectivity index (χ0v) is 19.5. The molecule has 0 aliphatic heterocycles. The van der Waals surface area contributed by atoms with E-state index in [4.69, 9.17) is 0 Å². The predicted molar refractivity (Wildman–Crippen MR) is 126 cm³/mol. The van der Waals surface area contributed by atoms with Crippen LogP contribution in [0.1, 0.15) is 51.8 Å². The minimum Gasteiger partial charge on any atom is -0.289 e. The van der Waals surface area contributed by atoms with E-state index in [9.17, 15) is 4.79 Å². The highest BCUT2D eigenvalue weighted by atomic mass is 19.1. The van der Waals surface area contributed by atoms with Crippen molar-refractivity contribution in [2.75, 3.05) is 0 Å². The molecule has 1 N–H and O–H groups in total. The lowest BCUT2D eigenvalue weighted by Gasteiger charge is -2.19. The second-order valence-corrected chi connectivity index (χ2v) is 9.19. The second-order valence-electron chi connectivity index (χ2n) is 9.19. The lowest BCUT2D eigenvalue weighted by atomic mass is 9.98. The molecule has 0 unspecified atom stereocenters. The van der Waals surface area contributed by atoms with E-state index in [0.717, 1.165) is 35.1 Å². The summed E-state index contributed by atoms with van der Waals surface area (Å²) in [5.41, 5.74) is 3.33. The Morgan fingerprint density at radius 3 is 2.33 bits per heavy atom. The molecule has 172 valence electrons. The summed E-state index contributed by atoms with van der Waals surface area (Å²) in [6.07, 6.45) is 2.30. The molecule has 2 aromatic carbocycles. The molecule has 33 heavy (non-hydrogen) atoms. The Hall–Kier alpha value is -3.55. The molecule has 4 rings (SSSR count). The molecule has 0 radical (unpaired) electrons. The fourth-order valence-electron chi connectivity index (χ4n) is 4.07. The number of aromatic amines is 1. The van der Waals surface area contributed by atoms with Crippen LogP contribution in [0.4, 0.5) is 4.39 Å². The van der Waals surface area contributed by atoms with E-state index in [1.165, 1.54) is 4.57 Å². The van der Waals surface area contributed by atoms with Crippen molar-refractivity contribution in [3.63, 3.8) is 0 Å². The van der Waals surface area contributed by atoms with Gasteiger partial charge in [-0.05, 0) is 55.5 Å². The Labute approximate surface area is 192 Å². The van der Waals surface area contributed by atoms with Crippen LogP contribution in [0.5, 0.6) is 0 Å². The maximum atomic E-state index is 15.3. The molecule has 0 saturated heterocycles. The van der Waals surface area contributed by atoms with Gasteiger partial charge in [0.1, 0.15) is 0 Å². The molecule has 0 saturated carbocycles. The molecule has 7 nitrogen and oxygen atoms in total. The number of hydrogen-bond acceptors (Lipinski definition) is 4. The standard InChI is InChI=1S/C25H29FN6O/c1-5-6-11-21-22(26)32(25(2,3)4)24(33)31(21)16-17-12-14-18(15-13-17)19-9-7-8-10-20(19)23-27-29-30-28-23/h7-10,12-15H,5-6,11,16H2,1-4H3,(H,27,28,29,30). The first-order chi connectivity index (χ1) is 15.8. The van der Waals surface area contributed by atoms with Gasteiger partial charge in [-0.3, -0.25) is 9.13 Å². The number of H-pyrrole nitrogens is 1. The molecular weight excluding hydrogens is 419 g/mol. The number of unbranched alkanes of at least 4 members (excludes halogenated alkanes) is 1. The van der Waals surface area contributed by atoms with Gasteiger partial charge in [-0.15, -0.1) is 10.2 Å². The second kappa shape index (κ2) is 9.13. The number of hydrogen-bond donors (Lipinski definition) is 1. The quantitative estimate of drug-likeness (QED) is 0.441. The lowest BCUT2D eigenvalue weighted by Crippen LogP contribution is -2.36. The monoisotopic (exact) mass is 448 g/mol. The maximum Gasteiger partial charge on any atom is 0.331 e. The van der Waals surface area contributed by atoms with Crippen molar-refractivity contribution in [2.24, 2.45) is 0 Å². The molecule has 4 aromatic rings. The third-order valence-corrected chi connectivity index (χ3v) is 5.74. The molecule has 0 amide bonds. The van der Waals surface area contributed by atoms with E-state index in [1.54, 1.807) is 4.57 Å². The fourth-order valence-corrected chi connectivity index (χ4v) is 4.07. The van der Waals surface area contributed by atoms with Crippen LogP contribution in [0.3, 0.4) is 0 Å². The van der Waals surface area contributed by atoms with Gasteiger partial charge >= 0.3 is 5.69 Å². The Bertz CT molecular complexity index is 1280. The van der Waals surface area contributed by atoms with Gasteiger partial charge in [0.15, 0.2) is 0 Å². The van der Waals surface area contributed by atoms with Crippen molar-refractivity contribution in [3.05, 3.63) is 76.2 Å². The highest BCUT2D eigenvalue weighted by Crippen LogP contribution is 2.30. The zero-order chi connectivity index (χ0) is 23.6. The molecule has 0 fully saturated rings. The van der Waals surface area contributed by atoms with Crippen LogP contribution in [0.25, 0.3) is 22.5 Å². The molecule has 0 aliphatic rings. The van der Waals surface area contributed by atoms with Gasteiger partial charge in [0.25, 0.3) is 0 Å². The molecule has 2 heterocycles. The van der Waals surface area contributed by atoms with E-state index in [0.29, 0.717) is 24.5 Å². The molecule has 2 aromatic heterocycles. The number of tetrazole rings is 1. The first kappa shape index (κ1) is 22.6. The Balaban J connectivity index is 1.68. The summed E-state index contributed by atoms with van der Waals surface area (Å²) >= 11 is 0. The van der Waals surface area contributed by atoms with Crippen LogP contribution in [-0.2, 0) is 18.5 Å². The minimum atomic E-state index is -0.629. The van der Waals surface area contributed by atoms with Crippen LogP contribution in [0, 0.1) is 5.95 Å². The minimum absolute atomic E-state index is 0.308. The number of nitrogens with zero attached hydrogens (tertiary/aromatic N) is 5. The summed E-state index contributed by atoms with van der Waals surface area (Å²) in [4.78, 5) is 13.2. The smallest absolute Gasteiger partial charge is 0.289 e. The zero-order valence-electron chi connectivity index (χ0n) is 19.5. The molecule has 0 bridgehead atoms.